The predicted octanol–water partition coefficient (Wildman–Crippen LogP) is 3.25. The number of nitrogens with zero attached hydrogens (tertiary/aromatic N) is 3. The van der Waals surface area contributed by atoms with E-state index in [2.05, 4.69) is 22.5 Å². The largest absolute Gasteiger partial charge is 0.487 e. The van der Waals surface area contributed by atoms with Crippen LogP contribution in [0, 0.1) is 0 Å². The fraction of sp³-hybridized carbons (Fsp3) is 0.333. The summed E-state index contributed by atoms with van der Waals surface area (Å²) in [6.45, 7) is 5.67. The molecule has 2 aliphatic heterocycles. The van der Waals surface area contributed by atoms with Crippen molar-refractivity contribution in [3.8, 4) is 16.9 Å². The highest BCUT2D eigenvalue weighted by Gasteiger charge is 2.22. The van der Waals surface area contributed by atoms with Crippen molar-refractivity contribution in [3.05, 3.63) is 55.0 Å². The molecule has 2 aliphatic rings. The van der Waals surface area contributed by atoms with Gasteiger partial charge < -0.3 is 14.5 Å². The zero-order valence-electron chi connectivity index (χ0n) is 15.0. The Hall–Kier alpha value is -2.82. The van der Waals surface area contributed by atoms with Gasteiger partial charge in [0, 0.05) is 43.9 Å². The summed E-state index contributed by atoms with van der Waals surface area (Å²) < 4.78 is 6.11. The fourth-order valence-electron chi connectivity index (χ4n) is 3.69. The van der Waals surface area contributed by atoms with Crippen LogP contribution in [0.15, 0.2) is 49.4 Å². The highest BCUT2D eigenvalue weighted by Crippen LogP contribution is 2.32. The van der Waals surface area contributed by atoms with Gasteiger partial charge in [-0.1, -0.05) is 12.6 Å². The molecule has 2 aromatic rings. The summed E-state index contributed by atoms with van der Waals surface area (Å²) in [6.07, 6.45) is 8.02. The first-order valence-electron chi connectivity index (χ1n) is 9.02. The van der Waals surface area contributed by atoms with Gasteiger partial charge >= 0.3 is 0 Å². The normalized spacial score (nSPS) is 19.4. The molecule has 0 radical (unpaired) electrons. The molecular formula is C21H23N3O2. The average molecular weight is 349 g/mol. The molecule has 0 N–H and O–H groups in total. The third-order valence-corrected chi connectivity index (χ3v) is 5.21. The van der Waals surface area contributed by atoms with Crippen LogP contribution in [0.2, 0.25) is 0 Å². The number of aromatic nitrogens is 1. The minimum Gasteiger partial charge on any atom is -0.487 e. The summed E-state index contributed by atoms with van der Waals surface area (Å²) in [5.74, 6) is 0.968. The van der Waals surface area contributed by atoms with Gasteiger partial charge in [-0.05, 0) is 41.9 Å². The summed E-state index contributed by atoms with van der Waals surface area (Å²) in [7, 11) is 1.84. The Bertz CT molecular complexity index is 849. The number of ether oxygens (including phenoxy) is 1. The Balaban J connectivity index is 1.55. The number of pyridine rings is 1. The Morgan fingerprint density at radius 3 is 2.92 bits per heavy atom. The van der Waals surface area contributed by atoms with Gasteiger partial charge in [-0.15, -0.1) is 0 Å². The Morgan fingerprint density at radius 2 is 2.12 bits per heavy atom. The molecule has 4 rings (SSSR count). The zero-order chi connectivity index (χ0) is 18.1. The van der Waals surface area contributed by atoms with Gasteiger partial charge in [0.25, 0.3) is 0 Å². The van der Waals surface area contributed by atoms with E-state index in [1.807, 2.05) is 37.6 Å². The van der Waals surface area contributed by atoms with Crippen LogP contribution in [0.3, 0.4) is 0 Å². The number of carbonyl (C=O) groups excluding carboxylic acids is 1. The van der Waals surface area contributed by atoms with Crippen LogP contribution < -0.4 is 9.64 Å². The zero-order valence-corrected chi connectivity index (χ0v) is 15.0. The number of carbonyl (C=O) groups is 1. The number of likely N-dealkylation sites (tertiary alicyclic amines) is 1. The van der Waals surface area contributed by atoms with Gasteiger partial charge in [0.2, 0.25) is 5.91 Å². The van der Waals surface area contributed by atoms with Crippen LogP contribution in [0.4, 0.5) is 5.69 Å². The van der Waals surface area contributed by atoms with Crippen molar-refractivity contribution in [3.63, 3.8) is 0 Å². The van der Waals surface area contributed by atoms with Gasteiger partial charge in [-0.25, -0.2) is 0 Å². The molecule has 1 aromatic carbocycles. The maximum absolute atomic E-state index is 11.9. The quantitative estimate of drug-likeness (QED) is 0.850. The van der Waals surface area contributed by atoms with Crippen LogP contribution >= 0.6 is 0 Å². The van der Waals surface area contributed by atoms with E-state index in [1.54, 1.807) is 11.1 Å². The van der Waals surface area contributed by atoms with Gasteiger partial charge in [-0.2, -0.15) is 0 Å². The van der Waals surface area contributed by atoms with Gasteiger partial charge in [0.15, 0.2) is 0 Å². The summed E-state index contributed by atoms with van der Waals surface area (Å²) in [6, 6.07) is 8.27. The third-order valence-electron chi connectivity index (χ3n) is 5.21. The Kier molecular flexibility index (Phi) is 4.37. The smallest absolute Gasteiger partial charge is 0.227 e. The molecule has 0 unspecified atom stereocenters. The Labute approximate surface area is 153 Å². The number of aryl methyl sites for hydroxylation is 1. The van der Waals surface area contributed by atoms with Crippen molar-refractivity contribution in [2.75, 3.05) is 25.0 Å². The van der Waals surface area contributed by atoms with Crippen LogP contribution in [0.1, 0.15) is 18.4 Å². The third kappa shape index (κ3) is 3.17. The van der Waals surface area contributed by atoms with E-state index in [-0.39, 0.29) is 12.0 Å². The number of fused-ring (bicyclic) bond motifs is 1. The molecule has 26 heavy (non-hydrogen) atoms. The van der Waals surface area contributed by atoms with E-state index in [0.29, 0.717) is 6.42 Å². The maximum Gasteiger partial charge on any atom is 0.227 e. The number of hydrogen-bond donors (Lipinski definition) is 0. The lowest BCUT2D eigenvalue weighted by molar-refractivity contribution is -0.118. The molecule has 0 spiro atoms. The topological polar surface area (TPSA) is 45.7 Å². The second kappa shape index (κ2) is 6.83. The summed E-state index contributed by atoms with van der Waals surface area (Å²) in [4.78, 5) is 20.1. The van der Waals surface area contributed by atoms with E-state index in [0.717, 1.165) is 48.5 Å². The Morgan fingerprint density at radius 1 is 1.23 bits per heavy atom. The van der Waals surface area contributed by atoms with Crippen molar-refractivity contribution in [1.29, 1.82) is 0 Å². The number of benzene rings is 1. The molecule has 0 aliphatic carbocycles. The fourth-order valence-corrected chi connectivity index (χ4v) is 3.69. The van der Waals surface area contributed by atoms with Crippen molar-refractivity contribution < 1.29 is 9.53 Å². The molecule has 1 fully saturated rings. The van der Waals surface area contributed by atoms with Crippen LogP contribution in [-0.2, 0) is 11.2 Å². The van der Waals surface area contributed by atoms with Crippen LogP contribution in [-0.4, -0.2) is 42.0 Å². The van der Waals surface area contributed by atoms with Gasteiger partial charge in [0.05, 0.1) is 12.7 Å². The number of anilines is 1. The second-order valence-corrected chi connectivity index (χ2v) is 6.91. The van der Waals surface area contributed by atoms with Crippen LogP contribution in [0.5, 0.6) is 5.75 Å². The molecule has 0 saturated carbocycles. The minimum atomic E-state index is 0.174. The van der Waals surface area contributed by atoms with Crippen molar-refractivity contribution in [2.45, 2.75) is 25.4 Å². The van der Waals surface area contributed by atoms with Crippen molar-refractivity contribution in [2.24, 2.45) is 0 Å². The van der Waals surface area contributed by atoms with E-state index < -0.39 is 0 Å². The lowest BCUT2D eigenvalue weighted by Gasteiger charge is -2.26. The first-order valence-corrected chi connectivity index (χ1v) is 9.02. The molecule has 5 nitrogen and oxygen atoms in total. The standard InChI is InChI=1S/C21H23N3O2/c1-3-24-9-8-18(14-24)26-19-11-17(12-22-13-19)15-4-6-20-16(10-15)5-7-21(25)23(20)2/h3-4,6,10-13,18H,1,5,7-9,14H2,2H3/t18-/m0/s1. The predicted molar refractivity (Wildman–Crippen MR) is 102 cm³/mol. The van der Waals surface area contributed by atoms with Gasteiger partial charge in [-0.3, -0.25) is 9.78 Å². The monoisotopic (exact) mass is 349 g/mol. The van der Waals surface area contributed by atoms with E-state index in [1.165, 1.54) is 5.56 Å². The van der Waals surface area contributed by atoms with Crippen LogP contribution in [0.25, 0.3) is 11.1 Å². The number of rotatable bonds is 4. The lowest BCUT2D eigenvalue weighted by Crippen LogP contribution is -2.30. The second-order valence-electron chi connectivity index (χ2n) is 6.91. The molecule has 1 aromatic heterocycles. The molecule has 1 atom stereocenters. The minimum absolute atomic E-state index is 0.174. The first-order chi connectivity index (χ1) is 12.6. The summed E-state index contributed by atoms with van der Waals surface area (Å²) in [5, 5.41) is 0. The van der Waals surface area contributed by atoms with E-state index in [9.17, 15) is 4.79 Å². The molecule has 3 heterocycles. The molecule has 5 heteroatoms. The maximum atomic E-state index is 11.9. The average Bonchev–Trinajstić information content (AvgIpc) is 3.12. The highest BCUT2D eigenvalue weighted by molar-refractivity contribution is 5.96. The van der Waals surface area contributed by atoms with Crippen molar-refractivity contribution in [1.82, 2.24) is 9.88 Å². The SMILES string of the molecule is C=CN1CC[C@H](Oc2cncc(-c3ccc4c(c3)CCC(=O)N4C)c2)C1. The summed E-state index contributed by atoms with van der Waals surface area (Å²) in [5.41, 5.74) is 4.33. The van der Waals surface area contributed by atoms with Crippen molar-refractivity contribution >= 4 is 11.6 Å². The highest BCUT2D eigenvalue weighted by atomic mass is 16.5. The molecular weight excluding hydrogens is 326 g/mol. The number of amides is 1. The molecule has 1 saturated heterocycles. The first kappa shape index (κ1) is 16.6. The van der Waals surface area contributed by atoms with Gasteiger partial charge in [0.1, 0.15) is 11.9 Å². The van der Waals surface area contributed by atoms with E-state index >= 15 is 0 Å². The molecule has 0 bridgehead atoms. The van der Waals surface area contributed by atoms with E-state index in [4.69, 9.17) is 4.74 Å². The number of hydrogen-bond acceptors (Lipinski definition) is 4. The molecule has 1 amide bonds. The summed E-state index contributed by atoms with van der Waals surface area (Å²) >= 11 is 0. The lowest BCUT2D eigenvalue weighted by atomic mass is 9.97. The molecule has 134 valence electrons.